The molecule has 0 aliphatic heterocycles. The van der Waals surface area contributed by atoms with E-state index in [1.54, 1.807) is 0 Å². The number of amides is 2. The van der Waals surface area contributed by atoms with Crippen LogP contribution in [0, 0.1) is 5.41 Å². The van der Waals surface area contributed by atoms with Crippen LogP contribution >= 0.6 is 0 Å². The molecule has 20 heavy (non-hydrogen) atoms. The fourth-order valence-corrected chi connectivity index (χ4v) is 2.75. The summed E-state index contributed by atoms with van der Waals surface area (Å²) in [5.74, 6) is -0.961. The maximum absolute atomic E-state index is 11.8. The molecule has 1 aliphatic rings. The van der Waals surface area contributed by atoms with Crippen molar-refractivity contribution in [2.75, 3.05) is 6.54 Å². The van der Waals surface area contributed by atoms with E-state index in [0.29, 0.717) is 13.0 Å². The fourth-order valence-electron chi connectivity index (χ4n) is 2.75. The van der Waals surface area contributed by atoms with E-state index in [1.165, 1.54) is 19.3 Å². The molecule has 1 saturated carbocycles. The predicted molar refractivity (Wildman–Crippen MR) is 78.7 cm³/mol. The number of nitrogens with one attached hydrogen (secondary N) is 2. The van der Waals surface area contributed by atoms with Gasteiger partial charge in [0.2, 0.25) is 0 Å². The van der Waals surface area contributed by atoms with Crippen LogP contribution in [0.25, 0.3) is 0 Å². The van der Waals surface area contributed by atoms with Crippen LogP contribution in [0.1, 0.15) is 65.2 Å². The van der Waals surface area contributed by atoms with E-state index in [-0.39, 0.29) is 11.4 Å². The second-order valence-electron chi connectivity index (χ2n) is 6.23. The number of carboxylic acids is 1. The highest BCUT2D eigenvalue weighted by Crippen LogP contribution is 2.34. The molecular formula is C15H28N2O3. The molecule has 0 bridgehead atoms. The largest absolute Gasteiger partial charge is 0.480 e. The Hall–Kier alpha value is -1.26. The van der Waals surface area contributed by atoms with Crippen molar-refractivity contribution in [3.8, 4) is 0 Å². The van der Waals surface area contributed by atoms with Gasteiger partial charge in [0.15, 0.2) is 0 Å². The van der Waals surface area contributed by atoms with Gasteiger partial charge in [-0.2, -0.15) is 0 Å². The number of urea groups is 1. The van der Waals surface area contributed by atoms with Crippen LogP contribution < -0.4 is 10.6 Å². The predicted octanol–water partition coefficient (Wildman–Crippen LogP) is 2.90. The number of rotatable bonds is 7. The molecule has 1 aliphatic carbocycles. The zero-order chi connectivity index (χ0) is 15.0. The summed E-state index contributed by atoms with van der Waals surface area (Å²) in [4.78, 5) is 22.9. The van der Waals surface area contributed by atoms with E-state index in [1.807, 2.05) is 6.92 Å². The molecule has 0 spiro atoms. The van der Waals surface area contributed by atoms with E-state index in [0.717, 1.165) is 25.7 Å². The van der Waals surface area contributed by atoms with Crippen LogP contribution in [0.4, 0.5) is 4.79 Å². The molecule has 0 aromatic heterocycles. The summed E-state index contributed by atoms with van der Waals surface area (Å²) in [5, 5.41) is 14.5. The summed E-state index contributed by atoms with van der Waals surface area (Å²) >= 11 is 0. The highest BCUT2D eigenvalue weighted by molar-refractivity contribution is 5.82. The van der Waals surface area contributed by atoms with Crippen LogP contribution in [-0.4, -0.2) is 29.7 Å². The Balaban J connectivity index is 2.35. The van der Waals surface area contributed by atoms with Crippen LogP contribution in [0.3, 0.4) is 0 Å². The van der Waals surface area contributed by atoms with Crippen molar-refractivity contribution < 1.29 is 14.7 Å². The molecule has 5 nitrogen and oxygen atoms in total. The Bertz CT molecular complexity index is 325. The summed E-state index contributed by atoms with van der Waals surface area (Å²) in [6, 6.07) is -1.14. The van der Waals surface area contributed by atoms with Gasteiger partial charge in [-0.15, -0.1) is 0 Å². The lowest BCUT2D eigenvalue weighted by atomic mass is 9.76. The fraction of sp³-hybridized carbons (Fsp3) is 0.867. The zero-order valence-corrected chi connectivity index (χ0v) is 12.7. The van der Waals surface area contributed by atoms with Crippen molar-refractivity contribution in [2.45, 2.75) is 71.3 Å². The number of aliphatic carboxylic acids is 1. The van der Waals surface area contributed by atoms with Gasteiger partial charge < -0.3 is 15.7 Å². The molecule has 0 aromatic rings. The minimum Gasteiger partial charge on any atom is -0.480 e. The average Bonchev–Trinajstić information content (AvgIpc) is 2.42. The van der Waals surface area contributed by atoms with Crippen LogP contribution in [0.15, 0.2) is 0 Å². The second-order valence-corrected chi connectivity index (χ2v) is 6.23. The van der Waals surface area contributed by atoms with Crippen LogP contribution in [0.5, 0.6) is 0 Å². The molecule has 3 N–H and O–H groups in total. The number of unbranched alkanes of at least 4 members (excludes halogenated alkanes) is 1. The highest BCUT2D eigenvalue weighted by atomic mass is 16.4. The van der Waals surface area contributed by atoms with Crippen molar-refractivity contribution in [1.82, 2.24) is 10.6 Å². The monoisotopic (exact) mass is 284 g/mol. The van der Waals surface area contributed by atoms with Gasteiger partial charge in [-0.25, -0.2) is 9.59 Å². The van der Waals surface area contributed by atoms with Crippen molar-refractivity contribution in [1.29, 1.82) is 0 Å². The first kappa shape index (κ1) is 16.8. The van der Waals surface area contributed by atoms with Gasteiger partial charge >= 0.3 is 12.0 Å². The minimum absolute atomic E-state index is 0.164. The third-order valence-electron chi connectivity index (χ3n) is 4.19. The van der Waals surface area contributed by atoms with Gasteiger partial charge in [0.05, 0.1) is 0 Å². The lowest BCUT2D eigenvalue weighted by Gasteiger charge is -2.33. The zero-order valence-electron chi connectivity index (χ0n) is 12.7. The highest BCUT2D eigenvalue weighted by Gasteiger charge is 2.27. The summed E-state index contributed by atoms with van der Waals surface area (Å²) < 4.78 is 0. The Morgan fingerprint density at radius 3 is 2.45 bits per heavy atom. The maximum Gasteiger partial charge on any atom is 0.326 e. The first-order valence-electron chi connectivity index (χ1n) is 7.74. The molecule has 1 atom stereocenters. The van der Waals surface area contributed by atoms with Crippen molar-refractivity contribution >= 4 is 12.0 Å². The van der Waals surface area contributed by atoms with E-state index >= 15 is 0 Å². The van der Waals surface area contributed by atoms with Gasteiger partial charge in [0.1, 0.15) is 6.04 Å². The van der Waals surface area contributed by atoms with E-state index < -0.39 is 12.0 Å². The molecule has 2 amide bonds. The number of carbonyl (C=O) groups is 2. The number of hydrogen-bond acceptors (Lipinski definition) is 2. The third-order valence-corrected chi connectivity index (χ3v) is 4.19. The van der Waals surface area contributed by atoms with Crippen molar-refractivity contribution in [2.24, 2.45) is 5.41 Å². The van der Waals surface area contributed by atoms with Crippen molar-refractivity contribution in [3.63, 3.8) is 0 Å². The Morgan fingerprint density at radius 1 is 1.25 bits per heavy atom. The maximum atomic E-state index is 11.8. The summed E-state index contributed by atoms with van der Waals surface area (Å²) in [6.45, 7) is 4.82. The lowest BCUT2D eigenvalue weighted by molar-refractivity contribution is -0.139. The molecule has 0 saturated heterocycles. The lowest BCUT2D eigenvalue weighted by Crippen LogP contribution is -2.48. The first-order valence-corrected chi connectivity index (χ1v) is 7.74. The molecular weight excluding hydrogens is 256 g/mol. The summed E-state index contributed by atoms with van der Waals surface area (Å²) in [5.41, 5.74) is 0.164. The van der Waals surface area contributed by atoms with Gasteiger partial charge in [-0.05, 0) is 24.7 Å². The molecule has 5 heteroatoms. The van der Waals surface area contributed by atoms with E-state index in [4.69, 9.17) is 5.11 Å². The second kappa shape index (κ2) is 8.12. The molecule has 0 radical (unpaired) electrons. The van der Waals surface area contributed by atoms with Gasteiger partial charge in [0.25, 0.3) is 0 Å². The number of carbonyl (C=O) groups excluding carboxylic acids is 1. The van der Waals surface area contributed by atoms with Gasteiger partial charge in [-0.3, -0.25) is 0 Å². The van der Waals surface area contributed by atoms with Crippen molar-refractivity contribution in [3.05, 3.63) is 0 Å². The Morgan fingerprint density at radius 2 is 1.90 bits per heavy atom. The normalized spacial score (nSPS) is 19.1. The smallest absolute Gasteiger partial charge is 0.326 e. The number of hydrogen-bond donors (Lipinski definition) is 3. The first-order chi connectivity index (χ1) is 9.47. The summed E-state index contributed by atoms with van der Waals surface area (Å²) in [6.07, 6.45) is 8.18. The topological polar surface area (TPSA) is 78.4 Å². The average molecular weight is 284 g/mol. The Kier molecular flexibility index (Phi) is 6.82. The third kappa shape index (κ3) is 5.80. The van der Waals surface area contributed by atoms with Crippen LogP contribution in [0.2, 0.25) is 0 Å². The minimum atomic E-state index is -0.961. The molecule has 1 rings (SSSR count). The Labute approximate surface area is 121 Å². The molecule has 0 heterocycles. The quantitative estimate of drug-likeness (QED) is 0.672. The molecule has 0 aromatic carbocycles. The standard InChI is InChI=1S/C15H28N2O3/c1-3-4-8-12(13(18)19)17-14(20)16-11-15(2)9-6-5-7-10-15/h12H,3-11H2,1-2H3,(H,18,19)(H2,16,17,20). The van der Waals surface area contributed by atoms with Crippen LogP contribution in [-0.2, 0) is 4.79 Å². The van der Waals surface area contributed by atoms with Gasteiger partial charge in [0, 0.05) is 6.54 Å². The van der Waals surface area contributed by atoms with E-state index in [2.05, 4.69) is 17.6 Å². The SMILES string of the molecule is CCCCC(NC(=O)NCC1(C)CCCCC1)C(=O)O. The van der Waals surface area contributed by atoms with Gasteiger partial charge in [-0.1, -0.05) is 46.0 Å². The van der Waals surface area contributed by atoms with E-state index in [9.17, 15) is 9.59 Å². The molecule has 116 valence electrons. The molecule has 1 unspecified atom stereocenters. The molecule has 1 fully saturated rings. The number of carboxylic acid groups (broad SMARTS) is 1. The summed E-state index contributed by atoms with van der Waals surface area (Å²) in [7, 11) is 0.